The molecule has 1 amide bonds. The highest BCUT2D eigenvalue weighted by atomic mass is 35.5. The zero-order valence-corrected chi connectivity index (χ0v) is 24.3. The fourth-order valence-corrected chi connectivity index (χ4v) is 5.44. The zero-order chi connectivity index (χ0) is 27.6. The molecule has 2 saturated heterocycles. The Hall–Kier alpha value is -2.44. The van der Waals surface area contributed by atoms with Gasteiger partial charge in [-0.15, -0.1) is 0 Å². The van der Waals surface area contributed by atoms with Gasteiger partial charge in [0, 0.05) is 42.8 Å². The smallest absolute Gasteiger partial charge is 0.260 e. The van der Waals surface area contributed by atoms with E-state index in [2.05, 4.69) is 22.5 Å². The molecule has 0 unspecified atom stereocenters. The second-order valence-corrected chi connectivity index (χ2v) is 11.2. The number of carbonyl (C=O) groups is 1. The maximum Gasteiger partial charge on any atom is 0.260 e. The number of amides is 1. The second kappa shape index (κ2) is 11.7. The SMILES string of the molecule is C[C@@H]1CN(Cc2ccc(F)cc2)[C@@H](C)CN1C(=O)COc1ccc(Cl)cc1OC1(C)C(=S)NC(=S)NC1=S. The molecular formula is C26H28ClFN4O3S3. The topological polar surface area (TPSA) is 66.1 Å². The first-order valence-electron chi connectivity index (χ1n) is 12.0. The number of nitrogens with one attached hydrogen (secondary N) is 2. The monoisotopic (exact) mass is 594 g/mol. The first-order valence-corrected chi connectivity index (χ1v) is 13.6. The Bertz CT molecular complexity index is 1240. The highest BCUT2D eigenvalue weighted by Gasteiger charge is 2.42. The van der Waals surface area contributed by atoms with Crippen LogP contribution < -0.4 is 20.1 Å². The Morgan fingerprint density at radius 2 is 1.71 bits per heavy atom. The van der Waals surface area contributed by atoms with E-state index in [1.54, 1.807) is 37.3 Å². The quantitative estimate of drug-likeness (QED) is 0.458. The number of hydrogen-bond donors (Lipinski definition) is 2. The van der Waals surface area contributed by atoms with Crippen molar-refractivity contribution in [3.63, 3.8) is 0 Å². The van der Waals surface area contributed by atoms with E-state index in [0.717, 1.165) is 5.56 Å². The molecule has 0 spiro atoms. The van der Waals surface area contributed by atoms with Gasteiger partial charge in [-0.2, -0.15) is 0 Å². The fraction of sp³-hybridized carbons (Fsp3) is 0.385. The van der Waals surface area contributed by atoms with Crippen LogP contribution >= 0.6 is 48.3 Å². The van der Waals surface area contributed by atoms with Gasteiger partial charge in [0.1, 0.15) is 15.8 Å². The molecule has 2 atom stereocenters. The van der Waals surface area contributed by atoms with Crippen LogP contribution in [0.4, 0.5) is 4.39 Å². The molecule has 2 heterocycles. The number of carbonyl (C=O) groups excluding carboxylic acids is 1. The van der Waals surface area contributed by atoms with Crippen LogP contribution in [0.15, 0.2) is 42.5 Å². The molecule has 2 aromatic carbocycles. The Labute approximate surface area is 242 Å². The number of hydrogen-bond acceptors (Lipinski definition) is 7. The van der Waals surface area contributed by atoms with E-state index in [4.69, 9.17) is 57.7 Å². The van der Waals surface area contributed by atoms with Gasteiger partial charge in [0.05, 0.1) is 0 Å². The van der Waals surface area contributed by atoms with Crippen LogP contribution in [-0.4, -0.2) is 68.2 Å². The molecule has 0 saturated carbocycles. The summed E-state index contributed by atoms with van der Waals surface area (Å²) in [5.41, 5.74) is -0.161. The number of piperazine rings is 1. The Balaban J connectivity index is 1.40. The van der Waals surface area contributed by atoms with Crippen LogP contribution in [-0.2, 0) is 11.3 Å². The van der Waals surface area contributed by atoms with Crippen molar-refractivity contribution in [1.82, 2.24) is 20.4 Å². The summed E-state index contributed by atoms with van der Waals surface area (Å²) in [5, 5.41) is 6.45. The van der Waals surface area contributed by atoms with E-state index in [1.807, 2.05) is 11.8 Å². The molecule has 2 aromatic rings. The standard InChI is InChI=1S/C26H28ClFN4O3S3/c1-15-12-32(16(2)11-31(15)13-17-4-7-19(28)8-5-17)22(33)14-34-20-9-6-18(27)10-21(20)35-26(3)23(36)29-25(38)30-24(26)37/h4-10,15-16H,11-14H2,1-3H3,(H2,29,30,36,37,38)/t15-,16+/m0/s1. The van der Waals surface area contributed by atoms with Gasteiger partial charge in [0.25, 0.3) is 5.91 Å². The third-order valence-corrected chi connectivity index (χ3v) is 8.05. The lowest BCUT2D eigenvalue weighted by Crippen LogP contribution is -2.66. The fourth-order valence-electron chi connectivity index (χ4n) is 4.39. The predicted octanol–water partition coefficient (Wildman–Crippen LogP) is 4.25. The molecule has 2 aliphatic heterocycles. The number of benzene rings is 2. The van der Waals surface area contributed by atoms with E-state index in [1.165, 1.54) is 12.1 Å². The average molecular weight is 595 g/mol. The van der Waals surface area contributed by atoms with Crippen molar-refractivity contribution in [3.8, 4) is 11.5 Å². The Kier molecular flexibility index (Phi) is 8.83. The van der Waals surface area contributed by atoms with Gasteiger partial charge >= 0.3 is 0 Å². The van der Waals surface area contributed by atoms with Gasteiger partial charge in [-0.05, 0) is 62.8 Å². The summed E-state index contributed by atoms with van der Waals surface area (Å²) in [6, 6.07) is 11.5. The van der Waals surface area contributed by atoms with E-state index >= 15 is 0 Å². The van der Waals surface area contributed by atoms with E-state index in [0.29, 0.717) is 51.2 Å². The minimum atomic E-state index is -1.19. The summed E-state index contributed by atoms with van der Waals surface area (Å²) in [4.78, 5) is 17.9. The van der Waals surface area contributed by atoms with Gasteiger partial charge in [-0.1, -0.05) is 48.2 Å². The normalized spacial score (nSPS) is 21.5. The molecule has 38 heavy (non-hydrogen) atoms. The van der Waals surface area contributed by atoms with Crippen molar-refractivity contribution in [2.75, 3.05) is 19.7 Å². The van der Waals surface area contributed by atoms with E-state index in [9.17, 15) is 9.18 Å². The average Bonchev–Trinajstić information content (AvgIpc) is 2.85. The molecule has 4 rings (SSSR count). The molecule has 2 fully saturated rings. The lowest BCUT2D eigenvalue weighted by molar-refractivity contribution is -0.139. The van der Waals surface area contributed by atoms with Crippen LogP contribution in [0, 0.1) is 5.82 Å². The van der Waals surface area contributed by atoms with E-state index in [-0.39, 0.29) is 30.4 Å². The molecule has 0 aromatic heterocycles. The Morgan fingerprint density at radius 3 is 2.37 bits per heavy atom. The molecule has 0 aliphatic carbocycles. The Morgan fingerprint density at radius 1 is 1.05 bits per heavy atom. The summed E-state index contributed by atoms with van der Waals surface area (Å²) in [5.74, 6) is 0.226. The van der Waals surface area contributed by atoms with Crippen molar-refractivity contribution in [2.24, 2.45) is 0 Å². The maximum absolute atomic E-state index is 13.3. The molecule has 2 N–H and O–H groups in total. The van der Waals surface area contributed by atoms with Gasteiger partial charge in [-0.3, -0.25) is 9.69 Å². The van der Waals surface area contributed by atoms with Gasteiger partial charge in [0.2, 0.25) is 5.60 Å². The molecule has 2 aliphatic rings. The first kappa shape index (κ1) is 28.6. The van der Waals surface area contributed by atoms with Crippen LogP contribution in [0.1, 0.15) is 26.3 Å². The third-order valence-electron chi connectivity index (χ3n) is 6.63. The third kappa shape index (κ3) is 6.40. The van der Waals surface area contributed by atoms with Crippen LogP contribution in [0.5, 0.6) is 11.5 Å². The van der Waals surface area contributed by atoms with Crippen molar-refractivity contribution in [2.45, 2.75) is 45.0 Å². The molecule has 12 heteroatoms. The summed E-state index contributed by atoms with van der Waals surface area (Å²) < 4.78 is 25.4. The number of ether oxygens (including phenoxy) is 2. The lowest BCUT2D eigenvalue weighted by Gasteiger charge is -2.44. The molecule has 0 bridgehead atoms. The molecule has 0 radical (unpaired) electrons. The second-order valence-electron chi connectivity index (χ2n) is 9.55. The maximum atomic E-state index is 13.3. The number of rotatable bonds is 7. The van der Waals surface area contributed by atoms with Gasteiger partial charge < -0.3 is 25.0 Å². The van der Waals surface area contributed by atoms with Gasteiger partial charge in [-0.25, -0.2) is 4.39 Å². The minimum Gasteiger partial charge on any atom is -0.480 e. The summed E-state index contributed by atoms with van der Waals surface area (Å²) in [6.07, 6.45) is 0. The van der Waals surface area contributed by atoms with Crippen molar-refractivity contribution in [3.05, 3.63) is 58.9 Å². The molecule has 202 valence electrons. The minimum absolute atomic E-state index is 0.0272. The van der Waals surface area contributed by atoms with Crippen molar-refractivity contribution >= 4 is 69.3 Å². The lowest BCUT2D eigenvalue weighted by atomic mass is 10.0. The van der Waals surface area contributed by atoms with Crippen LogP contribution in [0.2, 0.25) is 5.02 Å². The largest absolute Gasteiger partial charge is 0.480 e. The van der Waals surface area contributed by atoms with Crippen molar-refractivity contribution in [1.29, 1.82) is 0 Å². The van der Waals surface area contributed by atoms with Crippen LogP contribution in [0.3, 0.4) is 0 Å². The highest BCUT2D eigenvalue weighted by Crippen LogP contribution is 2.34. The summed E-state index contributed by atoms with van der Waals surface area (Å²) in [7, 11) is 0. The number of halogens is 2. The van der Waals surface area contributed by atoms with Crippen molar-refractivity contribution < 1.29 is 18.7 Å². The first-order chi connectivity index (χ1) is 18.0. The van der Waals surface area contributed by atoms with Gasteiger partial charge in [0.15, 0.2) is 23.2 Å². The number of thiocarbonyl (C=S) groups is 3. The molecular weight excluding hydrogens is 567 g/mol. The summed E-state index contributed by atoms with van der Waals surface area (Å²) in [6.45, 7) is 7.54. The highest BCUT2D eigenvalue weighted by molar-refractivity contribution is 7.84. The predicted molar refractivity (Wildman–Crippen MR) is 157 cm³/mol. The van der Waals surface area contributed by atoms with E-state index < -0.39 is 5.60 Å². The van der Waals surface area contributed by atoms with Crippen LogP contribution in [0.25, 0.3) is 0 Å². The molecule has 7 nitrogen and oxygen atoms in total. The zero-order valence-electron chi connectivity index (χ0n) is 21.1. The summed E-state index contributed by atoms with van der Waals surface area (Å²) >= 11 is 22.2. The number of nitrogens with zero attached hydrogens (tertiary/aromatic N) is 2.